The number of aromatic nitrogens is 1. The molecule has 0 saturated heterocycles. The Kier molecular flexibility index (Phi) is 2.25. The molecule has 11 heavy (non-hydrogen) atoms. The fraction of sp³-hybridized carbons (Fsp3) is 0.286. The van der Waals surface area contributed by atoms with Crippen LogP contribution in [-0.2, 0) is 0 Å². The summed E-state index contributed by atoms with van der Waals surface area (Å²) in [6, 6.07) is 1.74. The molecule has 0 saturated carbocycles. The maximum atomic E-state index is 9.25. The molecule has 0 bridgehead atoms. The van der Waals surface area contributed by atoms with Crippen LogP contribution in [-0.4, -0.2) is 9.94 Å². The number of hydrogen-bond acceptors (Lipinski definition) is 3. The van der Waals surface area contributed by atoms with E-state index in [0.717, 1.165) is 15.9 Å². The first-order valence-corrected chi connectivity index (χ1v) is 4.01. The molecule has 1 rings (SSSR count). The predicted molar refractivity (Wildman–Crippen MR) is 49.2 cm³/mol. The molecule has 0 spiro atoms. The van der Waals surface area contributed by atoms with E-state index in [1.54, 1.807) is 6.07 Å². The van der Waals surface area contributed by atoms with Gasteiger partial charge in [0.2, 0.25) is 0 Å². The first kappa shape index (κ1) is 8.62. The van der Waals surface area contributed by atoms with Crippen LogP contribution in [0.3, 0.4) is 0 Å². The van der Waals surface area contributed by atoms with Crippen molar-refractivity contribution in [1.29, 1.82) is 0 Å². The molecular weight excluding hydrogens is 178 g/mol. The smallest absolute Gasteiger partial charge is 0.143 e. The highest BCUT2D eigenvalue weighted by molar-refractivity contribution is 7.80. The second kappa shape index (κ2) is 2.87. The molecule has 0 aliphatic carbocycles. The van der Waals surface area contributed by atoms with Crippen molar-refractivity contribution in [3.63, 3.8) is 0 Å². The molecular formula is C7H9NOS2. The summed E-state index contributed by atoms with van der Waals surface area (Å²) in [5.41, 5.74) is 2.00. The Morgan fingerprint density at radius 1 is 1.55 bits per heavy atom. The van der Waals surface area contributed by atoms with Gasteiger partial charge in [0, 0.05) is 0 Å². The number of aryl methyl sites for hydroxylation is 1. The summed E-state index contributed by atoms with van der Waals surface area (Å²) in [6.07, 6.45) is 0. The van der Waals surface area contributed by atoms with Crippen LogP contribution in [0.5, 0.6) is 0 Å². The molecule has 0 fully saturated rings. The summed E-state index contributed by atoms with van der Waals surface area (Å²) in [6.45, 7) is 3.82. The molecule has 0 amide bonds. The molecule has 60 valence electrons. The highest BCUT2D eigenvalue weighted by atomic mass is 32.1. The normalized spacial score (nSPS) is 10.1. The maximum absolute atomic E-state index is 9.25. The molecule has 0 atom stereocenters. The van der Waals surface area contributed by atoms with Crippen LogP contribution < -0.4 is 0 Å². The van der Waals surface area contributed by atoms with Crippen LogP contribution in [0.2, 0.25) is 0 Å². The van der Waals surface area contributed by atoms with Crippen LogP contribution in [0.4, 0.5) is 0 Å². The highest BCUT2D eigenvalue weighted by Crippen LogP contribution is 2.16. The Bertz CT molecular complexity index is 343. The van der Waals surface area contributed by atoms with E-state index in [9.17, 15) is 5.21 Å². The van der Waals surface area contributed by atoms with E-state index in [1.807, 2.05) is 13.8 Å². The zero-order chi connectivity index (χ0) is 8.59. The average molecular weight is 187 g/mol. The highest BCUT2D eigenvalue weighted by Gasteiger charge is 2.02. The van der Waals surface area contributed by atoms with Gasteiger partial charge in [-0.15, -0.1) is 12.6 Å². The zero-order valence-electron chi connectivity index (χ0n) is 6.33. The van der Waals surface area contributed by atoms with E-state index >= 15 is 0 Å². The molecule has 2 nitrogen and oxygen atoms in total. The summed E-state index contributed by atoms with van der Waals surface area (Å²) in [7, 11) is 0. The SMILES string of the molecule is Cc1cc(=S)n(O)c(S)c1C. The van der Waals surface area contributed by atoms with Crippen molar-refractivity contribution in [3.8, 4) is 0 Å². The Balaban J connectivity index is 3.59. The quantitative estimate of drug-likeness (QED) is 0.370. The van der Waals surface area contributed by atoms with Crippen molar-refractivity contribution >= 4 is 24.8 Å². The molecule has 0 aliphatic heterocycles. The minimum atomic E-state index is 0.387. The third kappa shape index (κ3) is 1.41. The number of nitrogens with zero attached hydrogens (tertiary/aromatic N) is 1. The second-order valence-electron chi connectivity index (χ2n) is 2.43. The molecule has 1 heterocycles. The van der Waals surface area contributed by atoms with Crippen LogP contribution in [0.15, 0.2) is 11.1 Å². The molecule has 0 unspecified atom stereocenters. The first-order chi connectivity index (χ1) is 5.04. The summed E-state index contributed by atoms with van der Waals surface area (Å²) < 4.78 is 1.29. The molecule has 0 aromatic carbocycles. The van der Waals surface area contributed by atoms with Gasteiger partial charge in [0.1, 0.15) is 9.67 Å². The summed E-state index contributed by atoms with van der Waals surface area (Å²) in [5.74, 6) is 0. The number of pyridine rings is 1. The van der Waals surface area contributed by atoms with Crippen molar-refractivity contribution in [3.05, 3.63) is 21.8 Å². The minimum Gasteiger partial charge on any atom is -0.427 e. The van der Waals surface area contributed by atoms with Gasteiger partial charge in [-0.3, -0.25) is 0 Å². The zero-order valence-corrected chi connectivity index (χ0v) is 8.04. The minimum absolute atomic E-state index is 0.387. The fourth-order valence-corrected chi connectivity index (χ4v) is 1.41. The Morgan fingerprint density at radius 3 is 2.64 bits per heavy atom. The van der Waals surface area contributed by atoms with E-state index in [-0.39, 0.29) is 0 Å². The Morgan fingerprint density at radius 2 is 2.09 bits per heavy atom. The fourth-order valence-electron chi connectivity index (χ4n) is 0.794. The van der Waals surface area contributed by atoms with Gasteiger partial charge in [-0.1, -0.05) is 12.2 Å². The van der Waals surface area contributed by atoms with Crippen LogP contribution >= 0.6 is 24.8 Å². The van der Waals surface area contributed by atoms with Crippen molar-refractivity contribution in [1.82, 2.24) is 4.73 Å². The molecule has 1 aromatic heterocycles. The third-order valence-electron chi connectivity index (χ3n) is 1.68. The second-order valence-corrected chi connectivity index (χ2v) is 3.27. The Labute approximate surface area is 75.9 Å². The van der Waals surface area contributed by atoms with E-state index in [0.29, 0.717) is 9.67 Å². The monoisotopic (exact) mass is 187 g/mol. The van der Waals surface area contributed by atoms with Crippen LogP contribution in [0, 0.1) is 18.5 Å². The van der Waals surface area contributed by atoms with Gasteiger partial charge in [-0.2, -0.15) is 4.73 Å². The summed E-state index contributed by atoms with van der Waals surface area (Å²) >= 11 is 8.95. The van der Waals surface area contributed by atoms with Gasteiger partial charge in [0.05, 0.1) is 0 Å². The average Bonchev–Trinajstić information content (AvgIpc) is 1.97. The van der Waals surface area contributed by atoms with Gasteiger partial charge in [-0.25, -0.2) is 0 Å². The molecule has 4 heteroatoms. The van der Waals surface area contributed by atoms with Crippen molar-refractivity contribution < 1.29 is 5.21 Å². The number of thiol groups is 1. The number of hydrogen-bond donors (Lipinski definition) is 2. The lowest BCUT2D eigenvalue weighted by molar-refractivity contribution is 0.155. The van der Waals surface area contributed by atoms with Gasteiger partial charge in [-0.05, 0) is 31.0 Å². The van der Waals surface area contributed by atoms with Gasteiger partial charge < -0.3 is 5.21 Å². The van der Waals surface area contributed by atoms with E-state index in [1.165, 1.54) is 0 Å². The summed E-state index contributed by atoms with van der Waals surface area (Å²) in [5, 5.41) is 9.76. The Hall–Kier alpha value is -0.480. The lowest BCUT2D eigenvalue weighted by Crippen LogP contribution is -2.00. The molecule has 0 aliphatic rings. The first-order valence-electron chi connectivity index (χ1n) is 3.15. The van der Waals surface area contributed by atoms with Crippen molar-refractivity contribution in [2.45, 2.75) is 18.9 Å². The maximum Gasteiger partial charge on any atom is 0.143 e. The standard InChI is InChI=1S/C7H9NOS2/c1-4-3-6(10)8(9)7(11)5(4)2/h3,9,11H,1-2H3. The third-order valence-corrected chi connectivity index (χ3v) is 2.49. The lowest BCUT2D eigenvalue weighted by atomic mass is 10.2. The van der Waals surface area contributed by atoms with Crippen molar-refractivity contribution in [2.75, 3.05) is 0 Å². The van der Waals surface area contributed by atoms with Gasteiger partial charge in [0.25, 0.3) is 0 Å². The summed E-state index contributed by atoms with van der Waals surface area (Å²) in [4.78, 5) is 0. The molecule has 0 radical (unpaired) electrons. The topological polar surface area (TPSA) is 25.2 Å². The van der Waals surface area contributed by atoms with E-state index in [2.05, 4.69) is 12.6 Å². The molecule has 1 N–H and O–H groups in total. The van der Waals surface area contributed by atoms with Crippen molar-refractivity contribution in [2.24, 2.45) is 0 Å². The molecule has 1 aromatic rings. The van der Waals surface area contributed by atoms with E-state index in [4.69, 9.17) is 12.2 Å². The largest absolute Gasteiger partial charge is 0.427 e. The van der Waals surface area contributed by atoms with Crippen LogP contribution in [0.1, 0.15) is 11.1 Å². The van der Waals surface area contributed by atoms with Gasteiger partial charge in [0.15, 0.2) is 0 Å². The number of rotatable bonds is 0. The predicted octanol–water partition coefficient (Wildman–Crippen LogP) is 2.36. The van der Waals surface area contributed by atoms with E-state index < -0.39 is 0 Å². The lowest BCUT2D eigenvalue weighted by Gasteiger charge is -2.07. The van der Waals surface area contributed by atoms with Crippen LogP contribution in [0.25, 0.3) is 0 Å². The van der Waals surface area contributed by atoms with Gasteiger partial charge >= 0.3 is 0 Å².